The smallest absolute Gasteiger partial charge is 0.131 e. The molecule has 0 radical (unpaired) electrons. The quantitative estimate of drug-likeness (QED) is 0.799. The average molecular weight is 221 g/mol. The molecule has 0 saturated heterocycles. The minimum absolute atomic E-state index is 0.905. The van der Waals surface area contributed by atoms with E-state index in [1.165, 1.54) is 11.1 Å². The Morgan fingerprint density at radius 2 is 2.12 bits per heavy atom. The third-order valence-electron chi connectivity index (χ3n) is 2.61. The van der Waals surface area contributed by atoms with Crippen molar-refractivity contribution in [3.05, 3.63) is 23.4 Å². The average Bonchev–Trinajstić information content (AvgIpc) is 2.26. The highest BCUT2D eigenvalue weighted by molar-refractivity contribution is 5.46. The molecule has 1 aromatic heterocycles. The van der Waals surface area contributed by atoms with Gasteiger partial charge in [-0.15, -0.1) is 0 Å². The fourth-order valence-electron chi connectivity index (χ4n) is 1.83. The van der Waals surface area contributed by atoms with Crippen LogP contribution in [0.3, 0.4) is 0 Å². The summed E-state index contributed by atoms with van der Waals surface area (Å²) in [6.07, 6.45) is 3.12. The fraction of sp³-hybridized carbons (Fsp3) is 0.615. The molecule has 0 unspecified atom stereocenters. The molecular formula is C13H23N3. The molecule has 0 bridgehead atoms. The maximum atomic E-state index is 4.54. The van der Waals surface area contributed by atoms with Gasteiger partial charge in [-0.1, -0.05) is 13.8 Å². The SMILES string of the molecule is CCCN(C)c1ncc(CNCC)cc1C. The summed E-state index contributed by atoms with van der Waals surface area (Å²) in [6.45, 7) is 9.39. The molecule has 16 heavy (non-hydrogen) atoms. The summed E-state index contributed by atoms with van der Waals surface area (Å²) < 4.78 is 0. The number of pyridine rings is 1. The van der Waals surface area contributed by atoms with Gasteiger partial charge in [0.25, 0.3) is 0 Å². The van der Waals surface area contributed by atoms with Crippen molar-refractivity contribution in [3.8, 4) is 0 Å². The Morgan fingerprint density at radius 1 is 1.38 bits per heavy atom. The third-order valence-corrected chi connectivity index (χ3v) is 2.61. The summed E-state index contributed by atoms with van der Waals surface area (Å²) in [5.41, 5.74) is 2.51. The Morgan fingerprint density at radius 3 is 2.69 bits per heavy atom. The molecule has 1 N–H and O–H groups in total. The van der Waals surface area contributed by atoms with E-state index in [1.807, 2.05) is 6.20 Å². The number of aromatic nitrogens is 1. The highest BCUT2D eigenvalue weighted by Gasteiger charge is 2.05. The second kappa shape index (κ2) is 6.48. The summed E-state index contributed by atoms with van der Waals surface area (Å²) in [5, 5.41) is 3.31. The second-order valence-corrected chi connectivity index (χ2v) is 4.19. The van der Waals surface area contributed by atoms with E-state index in [0.717, 1.165) is 31.9 Å². The van der Waals surface area contributed by atoms with Crippen LogP contribution in [-0.4, -0.2) is 25.1 Å². The van der Waals surface area contributed by atoms with Crippen LogP contribution in [0.5, 0.6) is 0 Å². The van der Waals surface area contributed by atoms with E-state index in [0.29, 0.717) is 0 Å². The first-order valence-corrected chi connectivity index (χ1v) is 6.06. The summed E-state index contributed by atoms with van der Waals surface area (Å²) in [4.78, 5) is 6.75. The molecule has 0 atom stereocenters. The summed E-state index contributed by atoms with van der Waals surface area (Å²) in [5.74, 6) is 1.10. The lowest BCUT2D eigenvalue weighted by molar-refractivity contribution is 0.722. The first-order valence-electron chi connectivity index (χ1n) is 6.06. The van der Waals surface area contributed by atoms with Crippen LogP contribution < -0.4 is 10.2 Å². The van der Waals surface area contributed by atoms with Crippen LogP contribution in [0.1, 0.15) is 31.4 Å². The molecule has 90 valence electrons. The van der Waals surface area contributed by atoms with Gasteiger partial charge in [0.05, 0.1) is 0 Å². The Balaban J connectivity index is 2.74. The monoisotopic (exact) mass is 221 g/mol. The van der Waals surface area contributed by atoms with Crippen molar-refractivity contribution in [2.24, 2.45) is 0 Å². The first kappa shape index (κ1) is 13.0. The molecule has 1 heterocycles. The number of aryl methyl sites for hydroxylation is 1. The van der Waals surface area contributed by atoms with Gasteiger partial charge in [-0.3, -0.25) is 0 Å². The lowest BCUT2D eigenvalue weighted by Crippen LogP contribution is -2.20. The third kappa shape index (κ3) is 3.49. The summed E-state index contributed by atoms with van der Waals surface area (Å²) in [7, 11) is 2.10. The molecule has 1 rings (SSSR count). The van der Waals surface area contributed by atoms with Crippen LogP contribution in [0.2, 0.25) is 0 Å². The second-order valence-electron chi connectivity index (χ2n) is 4.19. The van der Waals surface area contributed by atoms with Crippen LogP contribution in [0.4, 0.5) is 5.82 Å². The molecule has 1 aromatic rings. The van der Waals surface area contributed by atoms with E-state index < -0.39 is 0 Å². The molecule has 0 aromatic carbocycles. The van der Waals surface area contributed by atoms with Crippen LogP contribution in [-0.2, 0) is 6.54 Å². The van der Waals surface area contributed by atoms with Gasteiger partial charge in [0.1, 0.15) is 5.82 Å². The molecule has 0 amide bonds. The van der Waals surface area contributed by atoms with Crippen molar-refractivity contribution in [2.45, 2.75) is 33.7 Å². The van der Waals surface area contributed by atoms with Crippen molar-refractivity contribution in [1.29, 1.82) is 0 Å². The van der Waals surface area contributed by atoms with E-state index in [-0.39, 0.29) is 0 Å². The molecule has 0 aliphatic carbocycles. The van der Waals surface area contributed by atoms with Crippen LogP contribution in [0.25, 0.3) is 0 Å². The molecule has 0 saturated carbocycles. The normalized spacial score (nSPS) is 10.5. The number of nitrogens with zero attached hydrogens (tertiary/aromatic N) is 2. The molecule has 0 fully saturated rings. The van der Waals surface area contributed by atoms with Gasteiger partial charge in [-0.2, -0.15) is 0 Å². The Hall–Kier alpha value is -1.09. The number of nitrogens with one attached hydrogen (secondary N) is 1. The molecular weight excluding hydrogens is 198 g/mol. The van der Waals surface area contributed by atoms with E-state index >= 15 is 0 Å². The predicted molar refractivity (Wildman–Crippen MR) is 69.9 cm³/mol. The molecule has 0 aliphatic heterocycles. The molecule has 0 spiro atoms. The minimum atomic E-state index is 0.905. The Labute approximate surface area is 98.9 Å². The standard InChI is InChI=1S/C13H23N3/c1-5-7-16(4)13-11(3)8-12(10-15-13)9-14-6-2/h8,10,14H,5-7,9H2,1-4H3. The lowest BCUT2D eigenvalue weighted by Gasteiger charge is -2.19. The maximum absolute atomic E-state index is 4.54. The highest BCUT2D eigenvalue weighted by atomic mass is 15.2. The fourth-order valence-corrected chi connectivity index (χ4v) is 1.83. The first-order chi connectivity index (χ1) is 7.69. The zero-order valence-electron chi connectivity index (χ0n) is 10.9. The van der Waals surface area contributed by atoms with Crippen molar-refractivity contribution in [3.63, 3.8) is 0 Å². The maximum Gasteiger partial charge on any atom is 0.131 e. The van der Waals surface area contributed by atoms with Crippen LogP contribution in [0.15, 0.2) is 12.3 Å². The van der Waals surface area contributed by atoms with Crippen molar-refractivity contribution < 1.29 is 0 Å². The highest BCUT2D eigenvalue weighted by Crippen LogP contribution is 2.16. The van der Waals surface area contributed by atoms with Gasteiger partial charge >= 0.3 is 0 Å². The number of hydrogen-bond donors (Lipinski definition) is 1. The van der Waals surface area contributed by atoms with Gasteiger partial charge in [-0.25, -0.2) is 4.98 Å². The van der Waals surface area contributed by atoms with E-state index in [1.54, 1.807) is 0 Å². The van der Waals surface area contributed by atoms with E-state index in [4.69, 9.17) is 0 Å². The van der Waals surface area contributed by atoms with Crippen LogP contribution in [0, 0.1) is 6.92 Å². The Kier molecular flexibility index (Phi) is 5.26. The topological polar surface area (TPSA) is 28.2 Å². The van der Waals surface area contributed by atoms with Crippen molar-refractivity contribution in [2.75, 3.05) is 25.0 Å². The van der Waals surface area contributed by atoms with Gasteiger partial charge in [-0.05, 0) is 37.1 Å². The van der Waals surface area contributed by atoms with Gasteiger partial charge in [0.2, 0.25) is 0 Å². The van der Waals surface area contributed by atoms with Gasteiger partial charge in [0, 0.05) is 26.3 Å². The molecule has 3 heteroatoms. The molecule has 0 aliphatic rings. The zero-order valence-corrected chi connectivity index (χ0v) is 10.9. The van der Waals surface area contributed by atoms with Crippen molar-refractivity contribution in [1.82, 2.24) is 10.3 Å². The minimum Gasteiger partial charge on any atom is -0.359 e. The van der Waals surface area contributed by atoms with Gasteiger partial charge < -0.3 is 10.2 Å². The van der Waals surface area contributed by atoms with Crippen molar-refractivity contribution >= 4 is 5.82 Å². The summed E-state index contributed by atoms with van der Waals surface area (Å²) >= 11 is 0. The molecule has 3 nitrogen and oxygen atoms in total. The number of hydrogen-bond acceptors (Lipinski definition) is 3. The van der Waals surface area contributed by atoms with E-state index in [9.17, 15) is 0 Å². The predicted octanol–water partition coefficient (Wildman–Crippen LogP) is 2.35. The Bertz CT molecular complexity index is 323. The number of rotatable bonds is 6. The largest absolute Gasteiger partial charge is 0.359 e. The van der Waals surface area contributed by atoms with Crippen LogP contribution >= 0.6 is 0 Å². The van der Waals surface area contributed by atoms with E-state index in [2.05, 4.69) is 49.1 Å². The summed E-state index contributed by atoms with van der Waals surface area (Å²) in [6, 6.07) is 2.22. The lowest BCUT2D eigenvalue weighted by atomic mass is 10.2. The number of anilines is 1. The van der Waals surface area contributed by atoms with Gasteiger partial charge in [0.15, 0.2) is 0 Å². The zero-order chi connectivity index (χ0) is 12.0.